The second kappa shape index (κ2) is 8.84. The molecule has 4 rings (SSSR count). The van der Waals surface area contributed by atoms with Crippen LogP contribution in [0.4, 0.5) is 18.9 Å². The number of methoxy groups -OCH3 is 1. The number of anilines is 1. The number of piperidine rings is 1. The maximum atomic E-state index is 13.2. The van der Waals surface area contributed by atoms with Crippen molar-refractivity contribution < 1.29 is 27.5 Å². The SMILES string of the molecule is COc1ccc(NC(=O)C2CCC(c3cccc(C(F)(F)F)c3)N(C(=O)C3CC3)C2)cc1. The summed E-state index contributed by atoms with van der Waals surface area (Å²) in [7, 11) is 1.56. The molecule has 2 unspecified atom stereocenters. The minimum absolute atomic E-state index is 0.0747. The standard InChI is InChI=1S/C24H25F3N2O3/c1-32-20-10-8-19(9-11-20)28-22(30)17-7-12-21(29(14-17)23(31)15-5-6-15)16-3-2-4-18(13-16)24(25,26)27/h2-4,8-11,13,15,17,21H,5-7,12,14H2,1H3,(H,28,30). The summed E-state index contributed by atoms with van der Waals surface area (Å²) in [5.41, 5.74) is 0.354. The molecular weight excluding hydrogens is 421 g/mol. The molecule has 0 aromatic heterocycles. The minimum atomic E-state index is -4.45. The molecule has 1 aliphatic heterocycles. The third-order valence-electron chi connectivity index (χ3n) is 6.12. The van der Waals surface area contributed by atoms with Gasteiger partial charge in [-0.1, -0.05) is 12.1 Å². The van der Waals surface area contributed by atoms with Crippen LogP contribution in [-0.4, -0.2) is 30.4 Å². The van der Waals surface area contributed by atoms with Gasteiger partial charge in [-0.15, -0.1) is 0 Å². The highest BCUT2D eigenvalue weighted by molar-refractivity contribution is 5.93. The van der Waals surface area contributed by atoms with Gasteiger partial charge in [0.2, 0.25) is 11.8 Å². The third-order valence-corrected chi connectivity index (χ3v) is 6.12. The lowest BCUT2D eigenvalue weighted by Gasteiger charge is -2.40. The van der Waals surface area contributed by atoms with Crippen LogP contribution in [0.5, 0.6) is 5.75 Å². The molecule has 32 heavy (non-hydrogen) atoms. The molecule has 0 bridgehead atoms. The van der Waals surface area contributed by atoms with Gasteiger partial charge in [0.25, 0.3) is 0 Å². The summed E-state index contributed by atoms with van der Waals surface area (Å²) in [6.07, 6.45) is -1.96. The van der Waals surface area contributed by atoms with Crippen LogP contribution in [0, 0.1) is 11.8 Å². The van der Waals surface area contributed by atoms with E-state index in [2.05, 4.69) is 5.32 Å². The van der Waals surface area contributed by atoms with Crippen molar-refractivity contribution in [2.75, 3.05) is 19.0 Å². The van der Waals surface area contributed by atoms with Crippen molar-refractivity contribution in [3.05, 3.63) is 59.7 Å². The minimum Gasteiger partial charge on any atom is -0.497 e. The highest BCUT2D eigenvalue weighted by Gasteiger charge is 2.42. The summed E-state index contributed by atoms with van der Waals surface area (Å²) in [5, 5.41) is 2.87. The van der Waals surface area contributed by atoms with Crippen LogP contribution in [0.15, 0.2) is 48.5 Å². The number of hydrogen-bond donors (Lipinski definition) is 1. The number of hydrogen-bond acceptors (Lipinski definition) is 3. The van der Waals surface area contributed by atoms with Crippen molar-refractivity contribution in [2.45, 2.75) is 37.9 Å². The van der Waals surface area contributed by atoms with E-state index in [0.717, 1.165) is 25.0 Å². The molecule has 2 atom stereocenters. The number of nitrogens with zero attached hydrogens (tertiary/aromatic N) is 1. The predicted octanol–water partition coefficient (Wildman–Crippen LogP) is 5.04. The fraction of sp³-hybridized carbons (Fsp3) is 0.417. The van der Waals surface area contributed by atoms with Crippen molar-refractivity contribution in [2.24, 2.45) is 11.8 Å². The van der Waals surface area contributed by atoms with E-state index >= 15 is 0 Å². The molecule has 1 heterocycles. The monoisotopic (exact) mass is 446 g/mol. The first kappa shape index (κ1) is 22.2. The van der Waals surface area contributed by atoms with Crippen LogP contribution in [-0.2, 0) is 15.8 Å². The molecule has 8 heteroatoms. The van der Waals surface area contributed by atoms with E-state index in [-0.39, 0.29) is 24.3 Å². The number of alkyl halides is 3. The van der Waals surface area contributed by atoms with Crippen LogP contribution in [0.3, 0.4) is 0 Å². The van der Waals surface area contributed by atoms with E-state index in [4.69, 9.17) is 4.74 Å². The Hall–Kier alpha value is -3.03. The smallest absolute Gasteiger partial charge is 0.416 e. The van der Waals surface area contributed by atoms with E-state index in [1.54, 1.807) is 42.3 Å². The molecule has 1 aliphatic carbocycles. The summed E-state index contributed by atoms with van der Waals surface area (Å²) in [5.74, 6) is -0.125. The van der Waals surface area contributed by atoms with Crippen LogP contribution < -0.4 is 10.1 Å². The van der Waals surface area contributed by atoms with Crippen molar-refractivity contribution in [3.8, 4) is 5.75 Å². The number of nitrogens with one attached hydrogen (secondary N) is 1. The molecule has 170 valence electrons. The number of halogens is 3. The molecular formula is C24H25F3N2O3. The Kier molecular flexibility index (Phi) is 6.13. The lowest BCUT2D eigenvalue weighted by atomic mass is 9.87. The Morgan fingerprint density at radius 3 is 2.31 bits per heavy atom. The highest BCUT2D eigenvalue weighted by Crippen LogP contribution is 2.41. The van der Waals surface area contributed by atoms with E-state index in [1.807, 2.05) is 0 Å². The fourth-order valence-electron chi connectivity index (χ4n) is 4.18. The maximum Gasteiger partial charge on any atom is 0.416 e. The molecule has 2 aromatic rings. The number of carbonyl (C=O) groups excluding carboxylic acids is 2. The molecule has 1 N–H and O–H groups in total. The van der Waals surface area contributed by atoms with Crippen LogP contribution in [0.1, 0.15) is 42.9 Å². The maximum absolute atomic E-state index is 13.2. The van der Waals surface area contributed by atoms with E-state index in [9.17, 15) is 22.8 Å². The van der Waals surface area contributed by atoms with E-state index < -0.39 is 23.7 Å². The van der Waals surface area contributed by atoms with Gasteiger partial charge < -0.3 is 15.0 Å². The second-order valence-electron chi connectivity index (χ2n) is 8.40. The molecule has 0 spiro atoms. The van der Waals surface area contributed by atoms with Gasteiger partial charge >= 0.3 is 6.18 Å². The van der Waals surface area contributed by atoms with Gasteiger partial charge in [0.15, 0.2) is 0 Å². The van der Waals surface area contributed by atoms with Gasteiger partial charge in [-0.2, -0.15) is 13.2 Å². The molecule has 2 fully saturated rings. The number of rotatable bonds is 5. The van der Waals surface area contributed by atoms with E-state index in [1.165, 1.54) is 6.07 Å². The van der Waals surface area contributed by atoms with Crippen LogP contribution in [0.25, 0.3) is 0 Å². The first-order valence-corrected chi connectivity index (χ1v) is 10.7. The zero-order valence-corrected chi connectivity index (χ0v) is 17.7. The largest absolute Gasteiger partial charge is 0.497 e. The zero-order valence-electron chi connectivity index (χ0n) is 17.7. The number of ether oxygens (including phenoxy) is 1. The second-order valence-corrected chi connectivity index (χ2v) is 8.40. The fourth-order valence-corrected chi connectivity index (χ4v) is 4.18. The molecule has 5 nitrogen and oxygen atoms in total. The normalized spacial score (nSPS) is 21.2. The van der Waals surface area contributed by atoms with Crippen molar-refractivity contribution in [1.82, 2.24) is 4.90 Å². The molecule has 2 aliphatic rings. The predicted molar refractivity (Wildman–Crippen MR) is 113 cm³/mol. The van der Waals surface area contributed by atoms with Gasteiger partial charge in [-0.3, -0.25) is 9.59 Å². The quantitative estimate of drug-likeness (QED) is 0.700. The number of carbonyl (C=O) groups is 2. The molecule has 2 aromatic carbocycles. The molecule has 2 amide bonds. The number of likely N-dealkylation sites (tertiary alicyclic amines) is 1. The summed E-state index contributed by atoms with van der Waals surface area (Å²) < 4.78 is 44.7. The third kappa shape index (κ3) is 4.89. The molecule has 1 saturated carbocycles. The van der Waals surface area contributed by atoms with Gasteiger partial charge in [-0.25, -0.2) is 0 Å². The van der Waals surface area contributed by atoms with Crippen LogP contribution in [0.2, 0.25) is 0 Å². The van der Waals surface area contributed by atoms with Gasteiger partial charge in [0.1, 0.15) is 5.75 Å². The highest BCUT2D eigenvalue weighted by atomic mass is 19.4. The molecule has 0 radical (unpaired) electrons. The lowest BCUT2D eigenvalue weighted by molar-refractivity contribution is -0.139. The Morgan fingerprint density at radius 1 is 1.00 bits per heavy atom. The lowest BCUT2D eigenvalue weighted by Crippen LogP contribution is -2.46. The summed E-state index contributed by atoms with van der Waals surface area (Å²) >= 11 is 0. The van der Waals surface area contributed by atoms with Gasteiger partial charge in [0, 0.05) is 18.2 Å². The van der Waals surface area contributed by atoms with Crippen molar-refractivity contribution in [3.63, 3.8) is 0 Å². The summed E-state index contributed by atoms with van der Waals surface area (Å²) in [6.45, 7) is 0.193. The van der Waals surface area contributed by atoms with Gasteiger partial charge in [-0.05, 0) is 67.6 Å². The van der Waals surface area contributed by atoms with Crippen molar-refractivity contribution in [1.29, 1.82) is 0 Å². The zero-order chi connectivity index (χ0) is 22.9. The Balaban J connectivity index is 1.51. The Labute approximate surface area is 184 Å². The van der Waals surface area contributed by atoms with Gasteiger partial charge in [0.05, 0.1) is 24.6 Å². The first-order valence-electron chi connectivity index (χ1n) is 10.7. The van der Waals surface area contributed by atoms with E-state index in [0.29, 0.717) is 29.8 Å². The Morgan fingerprint density at radius 2 is 1.69 bits per heavy atom. The summed E-state index contributed by atoms with van der Waals surface area (Å²) in [6, 6.07) is 11.6. The molecule has 1 saturated heterocycles. The topological polar surface area (TPSA) is 58.6 Å². The van der Waals surface area contributed by atoms with Crippen molar-refractivity contribution >= 4 is 17.5 Å². The average Bonchev–Trinajstić information content (AvgIpc) is 3.64. The number of amides is 2. The first-order chi connectivity index (χ1) is 15.3. The Bertz CT molecular complexity index is 987. The number of benzene rings is 2. The average molecular weight is 446 g/mol. The summed E-state index contributed by atoms with van der Waals surface area (Å²) in [4.78, 5) is 27.5. The van der Waals surface area contributed by atoms with Crippen LogP contribution >= 0.6 is 0 Å².